The van der Waals surface area contributed by atoms with Crippen molar-refractivity contribution in [3.05, 3.63) is 63.2 Å². The largest absolute Gasteiger partial charge is 0.478 e. The standard InChI is InChI=1S/C18H7ClN2O4/c19-16-12(18(24)25)4-3-11-10-2-1-8(17(22)23)5-13(10)14(15(11)16)9(6-20)7-21/h1-5H,(H,22,23)(H,24,25). The van der Waals surface area contributed by atoms with Crippen molar-refractivity contribution in [2.45, 2.75) is 0 Å². The fraction of sp³-hybridized carbons (Fsp3) is 0. The van der Waals surface area contributed by atoms with Crippen molar-refractivity contribution in [2.75, 3.05) is 0 Å². The number of fused-ring (bicyclic) bond motifs is 3. The van der Waals surface area contributed by atoms with Gasteiger partial charge in [0.15, 0.2) is 0 Å². The Balaban J connectivity index is 2.47. The van der Waals surface area contributed by atoms with Crippen LogP contribution in [0.15, 0.2) is 35.9 Å². The van der Waals surface area contributed by atoms with Gasteiger partial charge in [-0.3, -0.25) is 0 Å². The van der Waals surface area contributed by atoms with Gasteiger partial charge in [0.05, 0.1) is 16.1 Å². The first-order valence-corrected chi connectivity index (χ1v) is 7.27. The van der Waals surface area contributed by atoms with Crippen LogP contribution >= 0.6 is 11.6 Å². The molecule has 0 saturated carbocycles. The van der Waals surface area contributed by atoms with Gasteiger partial charge in [-0.2, -0.15) is 10.5 Å². The normalized spacial score (nSPS) is 11.1. The van der Waals surface area contributed by atoms with E-state index >= 15 is 0 Å². The Labute approximate surface area is 146 Å². The topological polar surface area (TPSA) is 122 Å². The van der Waals surface area contributed by atoms with E-state index in [0.717, 1.165) is 0 Å². The van der Waals surface area contributed by atoms with Crippen molar-refractivity contribution >= 4 is 29.1 Å². The molecule has 1 aliphatic rings. The van der Waals surface area contributed by atoms with Gasteiger partial charge in [-0.25, -0.2) is 9.59 Å². The predicted molar refractivity (Wildman–Crippen MR) is 88.1 cm³/mol. The minimum atomic E-state index is -1.25. The highest BCUT2D eigenvalue weighted by molar-refractivity contribution is 6.37. The second kappa shape index (κ2) is 5.79. The van der Waals surface area contributed by atoms with E-state index in [-0.39, 0.29) is 32.9 Å². The number of carbonyl (C=O) groups is 2. The average molecular weight is 351 g/mol. The number of hydrogen-bond acceptors (Lipinski definition) is 4. The summed E-state index contributed by atoms with van der Waals surface area (Å²) in [6.07, 6.45) is 0. The first-order valence-electron chi connectivity index (χ1n) is 6.89. The minimum absolute atomic E-state index is 0.0196. The highest BCUT2D eigenvalue weighted by atomic mass is 35.5. The Morgan fingerprint density at radius 2 is 1.56 bits per heavy atom. The quantitative estimate of drug-likeness (QED) is 0.681. The van der Waals surface area contributed by atoms with Gasteiger partial charge in [-0.1, -0.05) is 23.7 Å². The number of allylic oxidation sites excluding steroid dienone is 1. The number of rotatable bonds is 2. The number of nitriles is 2. The molecule has 2 aromatic carbocycles. The van der Waals surface area contributed by atoms with Crippen LogP contribution in [0.25, 0.3) is 16.7 Å². The molecule has 0 atom stereocenters. The number of carboxylic acids is 2. The Morgan fingerprint density at radius 3 is 2.12 bits per heavy atom. The van der Waals surface area contributed by atoms with E-state index in [1.54, 1.807) is 18.2 Å². The van der Waals surface area contributed by atoms with Gasteiger partial charge in [0.1, 0.15) is 17.7 Å². The molecule has 0 spiro atoms. The Morgan fingerprint density at radius 1 is 0.920 bits per heavy atom. The Bertz CT molecular complexity index is 1070. The van der Waals surface area contributed by atoms with E-state index < -0.39 is 11.9 Å². The maximum atomic E-state index is 11.3. The molecular formula is C18H7ClN2O4. The Kier molecular flexibility index (Phi) is 3.76. The predicted octanol–water partition coefficient (Wildman–Crippen LogP) is 3.57. The van der Waals surface area contributed by atoms with Crippen molar-refractivity contribution in [2.24, 2.45) is 0 Å². The maximum absolute atomic E-state index is 11.3. The highest BCUT2D eigenvalue weighted by Gasteiger charge is 2.31. The Hall–Kier alpha value is -3.61. The maximum Gasteiger partial charge on any atom is 0.337 e. The first-order chi connectivity index (χ1) is 11.9. The molecule has 0 radical (unpaired) electrons. The van der Waals surface area contributed by atoms with E-state index in [0.29, 0.717) is 16.7 Å². The third-order valence-electron chi connectivity index (χ3n) is 3.92. The lowest BCUT2D eigenvalue weighted by Gasteiger charge is -2.08. The van der Waals surface area contributed by atoms with Gasteiger partial charge in [-0.05, 0) is 34.9 Å². The van der Waals surface area contributed by atoms with Crippen LogP contribution in [0.5, 0.6) is 0 Å². The molecule has 3 rings (SSSR count). The average Bonchev–Trinajstić information content (AvgIpc) is 2.91. The molecular weight excluding hydrogens is 344 g/mol. The lowest BCUT2D eigenvalue weighted by Crippen LogP contribution is -2.00. The molecule has 0 fully saturated rings. The van der Waals surface area contributed by atoms with Gasteiger partial charge < -0.3 is 10.2 Å². The van der Waals surface area contributed by atoms with Crippen molar-refractivity contribution in [3.8, 4) is 23.3 Å². The number of aromatic carboxylic acids is 2. The van der Waals surface area contributed by atoms with Crippen LogP contribution in [0.3, 0.4) is 0 Å². The van der Waals surface area contributed by atoms with Crippen molar-refractivity contribution in [1.82, 2.24) is 0 Å². The number of carboxylic acid groups (broad SMARTS) is 2. The summed E-state index contributed by atoms with van der Waals surface area (Å²) in [7, 11) is 0. The van der Waals surface area contributed by atoms with Gasteiger partial charge in [0.25, 0.3) is 0 Å². The van der Waals surface area contributed by atoms with E-state index in [2.05, 4.69) is 0 Å². The molecule has 6 nitrogen and oxygen atoms in total. The summed E-state index contributed by atoms with van der Waals surface area (Å²) >= 11 is 6.24. The molecule has 2 aromatic rings. The molecule has 120 valence electrons. The lowest BCUT2D eigenvalue weighted by molar-refractivity contribution is 0.0686. The minimum Gasteiger partial charge on any atom is -0.478 e. The monoisotopic (exact) mass is 350 g/mol. The summed E-state index contributed by atoms with van der Waals surface area (Å²) in [6, 6.07) is 10.7. The number of nitrogens with zero attached hydrogens (tertiary/aromatic N) is 2. The molecule has 2 N–H and O–H groups in total. The van der Waals surface area contributed by atoms with E-state index in [4.69, 9.17) is 11.6 Å². The fourth-order valence-corrected chi connectivity index (χ4v) is 3.20. The summed E-state index contributed by atoms with van der Waals surface area (Å²) in [6.45, 7) is 0. The van der Waals surface area contributed by atoms with Crippen LogP contribution < -0.4 is 0 Å². The second-order valence-electron chi connectivity index (χ2n) is 5.19. The van der Waals surface area contributed by atoms with Crippen LogP contribution in [-0.2, 0) is 0 Å². The van der Waals surface area contributed by atoms with Crippen molar-refractivity contribution in [3.63, 3.8) is 0 Å². The smallest absolute Gasteiger partial charge is 0.337 e. The fourth-order valence-electron chi connectivity index (χ4n) is 2.86. The summed E-state index contributed by atoms with van der Waals surface area (Å²) in [4.78, 5) is 22.6. The summed E-state index contributed by atoms with van der Waals surface area (Å²) in [5, 5.41) is 36.9. The van der Waals surface area contributed by atoms with Gasteiger partial charge >= 0.3 is 11.9 Å². The van der Waals surface area contributed by atoms with Crippen LogP contribution in [0.4, 0.5) is 0 Å². The molecule has 0 aliphatic heterocycles. The molecule has 0 amide bonds. The molecule has 0 heterocycles. The van der Waals surface area contributed by atoms with Crippen molar-refractivity contribution in [1.29, 1.82) is 10.5 Å². The molecule has 0 saturated heterocycles. The first kappa shape index (κ1) is 16.3. The van der Waals surface area contributed by atoms with Crippen LogP contribution in [-0.4, -0.2) is 22.2 Å². The summed E-state index contributed by atoms with van der Waals surface area (Å²) in [5.41, 5.74) is 1.41. The summed E-state index contributed by atoms with van der Waals surface area (Å²) in [5.74, 6) is -2.41. The molecule has 1 aliphatic carbocycles. The molecule has 0 unspecified atom stereocenters. The molecule has 7 heteroatoms. The van der Waals surface area contributed by atoms with E-state index in [1.165, 1.54) is 24.3 Å². The number of halogens is 1. The van der Waals surface area contributed by atoms with Gasteiger partial charge in [-0.15, -0.1) is 0 Å². The number of hydrogen-bond donors (Lipinski definition) is 2. The van der Waals surface area contributed by atoms with Crippen LogP contribution in [0, 0.1) is 22.7 Å². The van der Waals surface area contributed by atoms with E-state index in [9.17, 15) is 30.3 Å². The van der Waals surface area contributed by atoms with E-state index in [1.807, 2.05) is 0 Å². The zero-order valence-corrected chi connectivity index (χ0v) is 13.1. The zero-order chi connectivity index (χ0) is 18.3. The van der Waals surface area contributed by atoms with Gasteiger partial charge in [0.2, 0.25) is 0 Å². The third kappa shape index (κ3) is 2.33. The molecule has 0 bridgehead atoms. The SMILES string of the molecule is N#CC(C#N)=C1c2cc(C(=O)O)ccc2-c2ccc(C(=O)O)c(Cl)c21. The number of benzene rings is 2. The van der Waals surface area contributed by atoms with Crippen LogP contribution in [0.1, 0.15) is 31.8 Å². The van der Waals surface area contributed by atoms with Crippen molar-refractivity contribution < 1.29 is 19.8 Å². The molecule has 0 aromatic heterocycles. The zero-order valence-electron chi connectivity index (χ0n) is 12.4. The van der Waals surface area contributed by atoms with Gasteiger partial charge in [0, 0.05) is 11.1 Å². The molecule has 25 heavy (non-hydrogen) atoms. The summed E-state index contributed by atoms with van der Waals surface area (Å²) < 4.78 is 0. The van der Waals surface area contributed by atoms with Crippen LogP contribution in [0.2, 0.25) is 5.02 Å². The second-order valence-corrected chi connectivity index (χ2v) is 5.57. The highest BCUT2D eigenvalue weighted by Crippen LogP contribution is 2.49. The lowest BCUT2D eigenvalue weighted by atomic mass is 9.97. The third-order valence-corrected chi connectivity index (χ3v) is 4.31.